The molecule has 0 bridgehead atoms. The van der Waals surface area contributed by atoms with Crippen LogP contribution in [0.2, 0.25) is 0 Å². The van der Waals surface area contributed by atoms with Gasteiger partial charge in [0.15, 0.2) is 0 Å². The zero-order valence-corrected chi connectivity index (χ0v) is 13.9. The second-order valence-corrected chi connectivity index (χ2v) is 5.79. The lowest BCUT2D eigenvalue weighted by Crippen LogP contribution is -2.33. The van der Waals surface area contributed by atoms with Gasteiger partial charge < -0.3 is 14.9 Å². The zero-order chi connectivity index (χ0) is 17.3. The summed E-state index contributed by atoms with van der Waals surface area (Å²) < 4.78 is 5.38. The number of rotatable bonds is 10. The lowest BCUT2D eigenvalue weighted by molar-refractivity contribution is -0.157. The largest absolute Gasteiger partial charge is 0.508 e. The maximum absolute atomic E-state index is 12.4. The molecule has 0 aliphatic heterocycles. The highest BCUT2D eigenvalue weighted by Gasteiger charge is 2.36. The molecular weight excluding hydrogens is 296 g/mol. The van der Waals surface area contributed by atoms with Crippen LogP contribution in [0.15, 0.2) is 24.3 Å². The van der Waals surface area contributed by atoms with Gasteiger partial charge in [-0.25, -0.2) is 0 Å². The Morgan fingerprint density at radius 1 is 1.22 bits per heavy atom. The fraction of sp³-hybridized carbons (Fsp3) is 0.556. The summed E-state index contributed by atoms with van der Waals surface area (Å²) in [5.74, 6) is -0.975. The summed E-state index contributed by atoms with van der Waals surface area (Å²) in [5, 5.41) is 18.2. The molecule has 5 heteroatoms. The summed E-state index contributed by atoms with van der Waals surface area (Å²) in [6.07, 6.45) is 2.80. The van der Waals surface area contributed by atoms with E-state index in [0.29, 0.717) is 38.7 Å². The molecule has 0 aliphatic carbocycles. The molecule has 0 saturated heterocycles. The van der Waals surface area contributed by atoms with Crippen molar-refractivity contribution in [2.45, 2.75) is 52.4 Å². The van der Waals surface area contributed by atoms with Crippen LogP contribution in [0.5, 0.6) is 5.75 Å². The number of ether oxygens (including phenoxy) is 1. The number of carbonyl (C=O) groups is 2. The van der Waals surface area contributed by atoms with E-state index < -0.39 is 11.4 Å². The van der Waals surface area contributed by atoms with Crippen molar-refractivity contribution in [2.75, 3.05) is 6.61 Å². The van der Waals surface area contributed by atoms with E-state index in [0.717, 1.165) is 5.56 Å². The van der Waals surface area contributed by atoms with Gasteiger partial charge in [-0.1, -0.05) is 26.0 Å². The number of phenols is 1. The molecule has 0 unspecified atom stereocenters. The quantitative estimate of drug-likeness (QED) is 0.508. The van der Waals surface area contributed by atoms with Gasteiger partial charge in [-0.2, -0.15) is 0 Å². The maximum atomic E-state index is 12.4. The van der Waals surface area contributed by atoms with E-state index in [1.165, 1.54) is 0 Å². The first kappa shape index (κ1) is 19.0. The van der Waals surface area contributed by atoms with E-state index in [2.05, 4.69) is 0 Å². The van der Waals surface area contributed by atoms with Crippen LogP contribution < -0.4 is 0 Å². The monoisotopic (exact) mass is 322 g/mol. The first-order chi connectivity index (χ1) is 10.9. The van der Waals surface area contributed by atoms with Gasteiger partial charge in [-0.05, 0) is 49.8 Å². The molecule has 0 heterocycles. The molecule has 0 aromatic heterocycles. The van der Waals surface area contributed by atoms with Gasteiger partial charge in [0.2, 0.25) is 0 Å². The van der Waals surface area contributed by atoms with Crippen molar-refractivity contribution in [2.24, 2.45) is 5.41 Å². The minimum atomic E-state index is -0.895. The highest BCUT2D eigenvalue weighted by Crippen LogP contribution is 2.33. The fourth-order valence-electron chi connectivity index (χ4n) is 2.65. The van der Waals surface area contributed by atoms with Gasteiger partial charge in [0.25, 0.3) is 0 Å². The van der Waals surface area contributed by atoms with E-state index in [4.69, 9.17) is 9.84 Å². The predicted octanol–water partition coefficient (Wildman–Crippen LogP) is 3.54. The van der Waals surface area contributed by atoms with Crippen molar-refractivity contribution in [1.29, 1.82) is 0 Å². The molecule has 0 saturated carbocycles. The highest BCUT2D eigenvalue weighted by atomic mass is 16.5. The number of aliphatic carboxylic acids is 1. The molecule has 1 aromatic carbocycles. The van der Waals surface area contributed by atoms with Crippen LogP contribution in [0.4, 0.5) is 0 Å². The minimum absolute atomic E-state index is 0.0277. The van der Waals surface area contributed by atoms with Crippen LogP contribution in [0.3, 0.4) is 0 Å². The van der Waals surface area contributed by atoms with Gasteiger partial charge in [0.05, 0.1) is 12.0 Å². The second kappa shape index (κ2) is 9.18. The van der Waals surface area contributed by atoms with E-state index in [1.807, 2.05) is 19.9 Å². The van der Waals surface area contributed by atoms with E-state index in [1.54, 1.807) is 18.2 Å². The van der Waals surface area contributed by atoms with Crippen LogP contribution in [0.25, 0.3) is 0 Å². The normalized spacial score (nSPS) is 11.2. The Morgan fingerprint density at radius 3 is 2.48 bits per heavy atom. The fourth-order valence-corrected chi connectivity index (χ4v) is 2.65. The molecule has 0 spiro atoms. The van der Waals surface area contributed by atoms with Crippen LogP contribution >= 0.6 is 0 Å². The summed E-state index contributed by atoms with van der Waals surface area (Å²) in [5.41, 5.74) is 0.285. The molecule has 2 N–H and O–H groups in total. The number of aromatic hydroxyl groups is 1. The molecule has 0 aliphatic rings. The van der Waals surface area contributed by atoms with Gasteiger partial charge in [-0.3, -0.25) is 9.59 Å². The Balaban J connectivity index is 2.47. The molecular formula is C18H26O5. The Hall–Kier alpha value is -2.04. The zero-order valence-electron chi connectivity index (χ0n) is 13.9. The van der Waals surface area contributed by atoms with Crippen molar-refractivity contribution in [1.82, 2.24) is 0 Å². The third kappa shape index (κ3) is 5.93. The van der Waals surface area contributed by atoms with E-state index in [-0.39, 0.29) is 18.1 Å². The van der Waals surface area contributed by atoms with Crippen molar-refractivity contribution in [3.05, 3.63) is 29.8 Å². The molecule has 0 amide bonds. The van der Waals surface area contributed by atoms with E-state index in [9.17, 15) is 14.7 Å². The number of esters is 1. The highest BCUT2D eigenvalue weighted by molar-refractivity contribution is 5.77. The summed E-state index contributed by atoms with van der Waals surface area (Å²) in [6.45, 7) is 4.07. The Morgan fingerprint density at radius 2 is 1.91 bits per heavy atom. The maximum Gasteiger partial charge on any atom is 0.312 e. The third-order valence-corrected chi connectivity index (χ3v) is 4.36. The summed E-state index contributed by atoms with van der Waals surface area (Å²) in [4.78, 5) is 23.1. The van der Waals surface area contributed by atoms with Crippen LogP contribution in [0.1, 0.15) is 51.5 Å². The first-order valence-corrected chi connectivity index (χ1v) is 8.10. The molecule has 1 aromatic rings. The van der Waals surface area contributed by atoms with Gasteiger partial charge in [0, 0.05) is 6.42 Å². The molecule has 23 heavy (non-hydrogen) atoms. The molecule has 0 radical (unpaired) electrons. The van der Waals surface area contributed by atoms with Crippen molar-refractivity contribution in [3.8, 4) is 5.75 Å². The summed E-state index contributed by atoms with van der Waals surface area (Å²) >= 11 is 0. The number of phenolic OH excluding ortho intramolecular Hbond substituents is 1. The lowest BCUT2D eigenvalue weighted by Gasteiger charge is -2.28. The van der Waals surface area contributed by atoms with Crippen molar-refractivity contribution >= 4 is 11.9 Å². The van der Waals surface area contributed by atoms with Crippen LogP contribution in [-0.4, -0.2) is 28.8 Å². The van der Waals surface area contributed by atoms with Crippen molar-refractivity contribution < 1.29 is 24.5 Å². The number of hydrogen-bond acceptors (Lipinski definition) is 4. The topological polar surface area (TPSA) is 83.8 Å². The number of carboxylic acid groups (broad SMARTS) is 1. The molecule has 5 nitrogen and oxygen atoms in total. The summed E-state index contributed by atoms with van der Waals surface area (Å²) in [6, 6.07) is 7.00. The molecule has 0 fully saturated rings. The number of benzene rings is 1. The van der Waals surface area contributed by atoms with Gasteiger partial charge in [0.1, 0.15) is 5.75 Å². The molecule has 1 rings (SSSR count). The lowest BCUT2D eigenvalue weighted by atomic mass is 9.78. The van der Waals surface area contributed by atoms with Crippen molar-refractivity contribution in [3.63, 3.8) is 0 Å². The Kier molecular flexibility index (Phi) is 7.59. The second-order valence-electron chi connectivity index (χ2n) is 5.79. The predicted molar refractivity (Wildman–Crippen MR) is 87.3 cm³/mol. The Bertz CT molecular complexity index is 520. The Labute approximate surface area is 137 Å². The van der Waals surface area contributed by atoms with Crippen LogP contribution in [-0.2, 0) is 20.7 Å². The standard InChI is InChI=1S/C18H26O5/c1-3-18(4-2,11-10-16(20)21)17(22)23-12-6-8-14-7-5-9-15(19)13-14/h5,7,9,13,19H,3-4,6,8,10-12H2,1-2H3,(H,20,21). The average molecular weight is 322 g/mol. The number of carbonyl (C=O) groups excluding carboxylic acids is 1. The SMILES string of the molecule is CCC(CC)(CCC(=O)O)C(=O)OCCCc1cccc(O)c1. The minimum Gasteiger partial charge on any atom is -0.508 e. The number of carboxylic acids is 1. The van der Waals surface area contributed by atoms with Gasteiger partial charge in [-0.15, -0.1) is 0 Å². The third-order valence-electron chi connectivity index (χ3n) is 4.36. The smallest absolute Gasteiger partial charge is 0.312 e. The average Bonchev–Trinajstić information content (AvgIpc) is 2.53. The number of aryl methyl sites for hydroxylation is 1. The van der Waals surface area contributed by atoms with E-state index >= 15 is 0 Å². The van der Waals surface area contributed by atoms with Crippen LogP contribution in [0, 0.1) is 5.41 Å². The summed E-state index contributed by atoms with van der Waals surface area (Å²) in [7, 11) is 0. The first-order valence-electron chi connectivity index (χ1n) is 8.10. The van der Waals surface area contributed by atoms with Gasteiger partial charge >= 0.3 is 11.9 Å². The molecule has 0 atom stereocenters. The molecule has 128 valence electrons. The number of hydrogen-bond donors (Lipinski definition) is 2.